The number of hydrogen-bond acceptors (Lipinski definition) is 4. The van der Waals surface area contributed by atoms with E-state index in [0.29, 0.717) is 11.4 Å². The van der Waals surface area contributed by atoms with Gasteiger partial charge in [0, 0.05) is 12.6 Å². The molecule has 1 aromatic heterocycles. The largest absolute Gasteiger partial charge is 0.326 e. The zero-order valence-electron chi connectivity index (χ0n) is 10.1. The minimum Gasteiger partial charge on any atom is -0.326 e. The summed E-state index contributed by atoms with van der Waals surface area (Å²) >= 11 is 1.46. The monoisotopic (exact) mass is 260 g/mol. The number of nitrogens with zero attached hydrogens (tertiary/aromatic N) is 1. The van der Waals surface area contributed by atoms with Gasteiger partial charge in [-0.15, -0.1) is 11.3 Å². The lowest BCUT2D eigenvalue weighted by Crippen LogP contribution is -2.05. The predicted molar refractivity (Wildman–Crippen MR) is 72.0 cm³/mol. The van der Waals surface area contributed by atoms with Crippen LogP contribution >= 0.6 is 11.3 Å². The van der Waals surface area contributed by atoms with Crippen LogP contribution < -0.4 is 5.32 Å². The van der Waals surface area contributed by atoms with Crippen LogP contribution in [0.4, 0.5) is 5.69 Å². The molecule has 0 bridgehead atoms. The van der Waals surface area contributed by atoms with Crippen LogP contribution in [0, 0.1) is 6.92 Å². The van der Waals surface area contributed by atoms with Crippen molar-refractivity contribution in [3.63, 3.8) is 0 Å². The smallest absolute Gasteiger partial charge is 0.221 e. The Morgan fingerprint density at radius 3 is 2.89 bits per heavy atom. The van der Waals surface area contributed by atoms with E-state index in [1.807, 2.05) is 25.1 Å². The predicted octanol–water partition coefficient (Wildman–Crippen LogP) is 2.89. The minimum atomic E-state index is -0.122. The molecule has 0 saturated carbocycles. The van der Waals surface area contributed by atoms with Crippen LogP contribution in [-0.2, 0) is 4.79 Å². The molecule has 1 heterocycles. The molecule has 0 atom stereocenters. The highest BCUT2D eigenvalue weighted by atomic mass is 32.1. The topological polar surface area (TPSA) is 59.1 Å². The molecule has 0 radical (unpaired) electrons. The first kappa shape index (κ1) is 12.4. The minimum absolute atomic E-state index is 0.122. The highest BCUT2D eigenvalue weighted by Gasteiger charge is 2.10. The van der Waals surface area contributed by atoms with Crippen LogP contribution in [0.25, 0.3) is 10.4 Å². The van der Waals surface area contributed by atoms with Gasteiger partial charge in [0.2, 0.25) is 5.91 Å². The Kier molecular flexibility index (Phi) is 3.53. The summed E-state index contributed by atoms with van der Waals surface area (Å²) in [4.78, 5) is 26.9. The molecule has 0 aliphatic rings. The van der Waals surface area contributed by atoms with Gasteiger partial charge in [0.1, 0.15) is 5.69 Å². The van der Waals surface area contributed by atoms with E-state index in [1.165, 1.54) is 18.3 Å². The van der Waals surface area contributed by atoms with Crippen LogP contribution in [0.5, 0.6) is 0 Å². The summed E-state index contributed by atoms with van der Waals surface area (Å²) in [7, 11) is 0. The molecule has 2 aromatic rings. The first-order chi connectivity index (χ1) is 8.60. The number of aldehydes is 1. The van der Waals surface area contributed by atoms with Crippen molar-refractivity contribution < 1.29 is 9.59 Å². The lowest BCUT2D eigenvalue weighted by molar-refractivity contribution is -0.114. The second-order valence-electron chi connectivity index (χ2n) is 3.83. The van der Waals surface area contributed by atoms with E-state index < -0.39 is 0 Å². The fourth-order valence-corrected chi connectivity index (χ4v) is 2.55. The van der Waals surface area contributed by atoms with Crippen molar-refractivity contribution in [3.8, 4) is 10.4 Å². The number of hydrogen-bond donors (Lipinski definition) is 1. The van der Waals surface area contributed by atoms with Gasteiger partial charge in [-0.25, -0.2) is 4.98 Å². The lowest BCUT2D eigenvalue weighted by Gasteiger charge is -2.04. The summed E-state index contributed by atoms with van der Waals surface area (Å²) in [6.07, 6.45) is 0.754. The zero-order chi connectivity index (χ0) is 13.1. The first-order valence-corrected chi connectivity index (χ1v) is 6.22. The van der Waals surface area contributed by atoms with E-state index in [2.05, 4.69) is 10.3 Å². The van der Waals surface area contributed by atoms with Crippen LogP contribution in [0.15, 0.2) is 24.3 Å². The number of carbonyl (C=O) groups excluding carboxylic acids is 2. The third-order valence-electron chi connectivity index (χ3n) is 2.32. The highest BCUT2D eigenvalue weighted by molar-refractivity contribution is 7.15. The molecular weight excluding hydrogens is 248 g/mol. The van der Waals surface area contributed by atoms with Crippen LogP contribution in [0.3, 0.4) is 0 Å². The summed E-state index contributed by atoms with van der Waals surface area (Å²) in [5.74, 6) is -0.122. The maximum Gasteiger partial charge on any atom is 0.221 e. The van der Waals surface area contributed by atoms with Crippen LogP contribution in [0.2, 0.25) is 0 Å². The Morgan fingerprint density at radius 2 is 2.22 bits per heavy atom. The van der Waals surface area contributed by atoms with Gasteiger partial charge in [-0.3, -0.25) is 9.59 Å². The molecule has 5 heteroatoms. The average Bonchev–Trinajstić information content (AvgIpc) is 2.70. The highest BCUT2D eigenvalue weighted by Crippen LogP contribution is 2.30. The molecular formula is C13H12N2O2S. The Labute approximate surface area is 109 Å². The molecule has 0 aliphatic heterocycles. The van der Waals surface area contributed by atoms with Crippen molar-refractivity contribution in [2.24, 2.45) is 0 Å². The Balaban J connectivity index is 2.43. The van der Waals surface area contributed by atoms with Gasteiger partial charge in [-0.2, -0.15) is 0 Å². The van der Waals surface area contributed by atoms with Gasteiger partial charge in [0.25, 0.3) is 0 Å². The van der Waals surface area contributed by atoms with Crippen molar-refractivity contribution in [1.82, 2.24) is 4.98 Å². The van der Waals surface area contributed by atoms with Gasteiger partial charge in [-0.1, -0.05) is 12.1 Å². The summed E-state index contributed by atoms with van der Waals surface area (Å²) in [6, 6.07) is 7.37. The van der Waals surface area contributed by atoms with Gasteiger partial charge >= 0.3 is 0 Å². The normalized spacial score (nSPS) is 10.1. The van der Waals surface area contributed by atoms with Crippen molar-refractivity contribution in [3.05, 3.63) is 35.0 Å². The SMILES string of the molecule is CC(=O)Nc1cccc(-c2sc(C)nc2C=O)c1. The van der Waals surface area contributed by atoms with Gasteiger partial charge in [0.05, 0.1) is 9.88 Å². The number of aromatic nitrogens is 1. The van der Waals surface area contributed by atoms with E-state index in [1.54, 1.807) is 6.07 Å². The molecule has 1 N–H and O–H groups in total. The molecule has 0 unspecified atom stereocenters. The Morgan fingerprint density at radius 1 is 1.44 bits per heavy atom. The molecule has 92 valence electrons. The van der Waals surface area contributed by atoms with Crippen molar-refractivity contribution in [2.45, 2.75) is 13.8 Å². The van der Waals surface area contributed by atoms with E-state index >= 15 is 0 Å². The number of nitrogens with one attached hydrogen (secondary N) is 1. The van der Waals surface area contributed by atoms with Crippen LogP contribution in [0.1, 0.15) is 22.4 Å². The molecule has 0 saturated heterocycles. The summed E-state index contributed by atoms with van der Waals surface area (Å²) in [6.45, 7) is 3.32. The molecule has 2 rings (SSSR count). The maximum atomic E-state index is 11.0. The average molecular weight is 260 g/mol. The van der Waals surface area contributed by atoms with E-state index in [-0.39, 0.29) is 5.91 Å². The number of benzene rings is 1. The van der Waals surface area contributed by atoms with E-state index in [9.17, 15) is 9.59 Å². The maximum absolute atomic E-state index is 11.0. The summed E-state index contributed by atoms with van der Waals surface area (Å²) in [5.41, 5.74) is 2.04. The number of thiazole rings is 1. The van der Waals surface area contributed by atoms with Crippen molar-refractivity contribution in [2.75, 3.05) is 5.32 Å². The number of amides is 1. The summed E-state index contributed by atoms with van der Waals surface area (Å²) < 4.78 is 0. The van der Waals surface area contributed by atoms with Gasteiger partial charge < -0.3 is 5.32 Å². The van der Waals surface area contributed by atoms with Crippen molar-refractivity contribution in [1.29, 1.82) is 0 Å². The third-order valence-corrected chi connectivity index (χ3v) is 3.35. The molecule has 1 aromatic carbocycles. The van der Waals surface area contributed by atoms with Crippen LogP contribution in [-0.4, -0.2) is 17.2 Å². The second-order valence-corrected chi connectivity index (χ2v) is 5.03. The standard InChI is InChI=1S/C13H12N2O2S/c1-8(17)14-11-5-3-4-10(6-11)13-12(7-16)15-9(2)18-13/h3-7H,1-2H3,(H,14,17). The molecule has 4 nitrogen and oxygen atoms in total. The molecule has 0 fully saturated rings. The molecule has 18 heavy (non-hydrogen) atoms. The van der Waals surface area contributed by atoms with Crippen molar-refractivity contribution >= 4 is 29.2 Å². The molecule has 1 amide bonds. The van der Waals surface area contributed by atoms with Gasteiger partial charge in [0.15, 0.2) is 6.29 Å². The molecule has 0 aliphatic carbocycles. The fraction of sp³-hybridized carbons (Fsp3) is 0.154. The van der Waals surface area contributed by atoms with E-state index in [0.717, 1.165) is 21.7 Å². The quantitative estimate of drug-likeness (QED) is 0.863. The second kappa shape index (κ2) is 5.10. The lowest BCUT2D eigenvalue weighted by atomic mass is 10.1. The number of aryl methyl sites for hydroxylation is 1. The Bertz CT molecular complexity index is 605. The first-order valence-electron chi connectivity index (χ1n) is 5.41. The Hall–Kier alpha value is -2.01. The number of carbonyl (C=O) groups is 2. The number of rotatable bonds is 3. The zero-order valence-corrected chi connectivity index (χ0v) is 10.9. The molecule has 0 spiro atoms. The third kappa shape index (κ3) is 2.62. The summed E-state index contributed by atoms with van der Waals surface area (Å²) in [5, 5.41) is 3.56. The fourth-order valence-electron chi connectivity index (χ4n) is 1.67. The van der Waals surface area contributed by atoms with Gasteiger partial charge in [-0.05, 0) is 24.6 Å². The number of anilines is 1. The van der Waals surface area contributed by atoms with E-state index in [4.69, 9.17) is 0 Å².